The summed E-state index contributed by atoms with van der Waals surface area (Å²) in [5.74, 6) is 0.0952. The predicted molar refractivity (Wildman–Crippen MR) is 117 cm³/mol. The Morgan fingerprint density at radius 2 is 1.66 bits per heavy atom. The molecule has 0 aliphatic carbocycles. The summed E-state index contributed by atoms with van der Waals surface area (Å²) >= 11 is 1.48. The van der Waals surface area contributed by atoms with Gasteiger partial charge in [0.1, 0.15) is 5.69 Å². The number of hydrogen-bond acceptors (Lipinski definition) is 4. The Balaban J connectivity index is 1.13. The quantitative estimate of drug-likeness (QED) is 0.641. The Morgan fingerprint density at radius 3 is 2.31 bits per heavy atom. The van der Waals surface area contributed by atoms with Crippen molar-refractivity contribution in [3.05, 3.63) is 76.7 Å². The van der Waals surface area contributed by atoms with E-state index in [0.29, 0.717) is 11.1 Å². The van der Waals surface area contributed by atoms with Crippen molar-refractivity contribution in [2.75, 3.05) is 26.2 Å². The largest absolute Gasteiger partial charge is 0.336 e. The van der Waals surface area contributed by atoms with Crippen LogP contribution in [0, 0.1) is 5.41 Å². The first kappa shape index (κ1) is 18.5. The minimum Gasteiger partial charge on any atom is -0.336 e. The summed E-state index contributed by atoms with van der Waals surface area (Å²) in [5, 5.41) is 1.85. The van der Waals surface area contributed by atoms with Crippen LogP contribution in [-0.4, -0.2) is 46.9 Å². The van der Waals surface area contributed by atoms with E-state index in [0.717, 1.165) is 32.7 Å². The van der Waals surface area contributed by atoms with Gasteiger partial charge in [-0.25, -0.2) is 4.98 Å². The third-order valence-electron chi connectivity index (χ3n) is 6.38. The lowest BCUT2D eigenvalue weighted by molar-refractivity contribution is -0.0338. The number of rotatable bonds is 4. The molecule has 2 fully saturated rings. The number of piperidine rings is 1. The van der Waals surface area contributed by atoms with Crippen molar-refractivity contribution in [3.8, 4) is 11.1 Å². The molecule has 5 heteroatoms. The second-order valence-electron chi connectivity index (χ2n) is 8.37. The van der Waals surface area contributed by atoms with E-state index in [1.807, 2.05) is 10.3 Å². The van der Waals surface area contributed by atoms with Crippen LogP contribution in [-0.2, 0) is 6.54 Å². The van der Waals surface area contributed by atoms with Crippen molar-refractivity contribution in [1.29, 1.82) is 0 Å². The Labute approximate surface area is 175 Å². The van der Waals surface area contributed by atoms with Crippen LogP contribution in [0.2, 0.25) is 0 Å². The fourth-order valence-corrected chi connectivity index (χ4v) is 5.11. The zero-order valence-corrected chi connectivity index (χ0v) is 17.3. The third-order valence-corrected chi connectivity index (χ3v) is 6.96. The molecule has 1 aromatic heterocycles. The first-order valence-electron chi connectivity index (χ1n) is 10.3. The second-order valence-corrected chi connectivity index (χ2v) is 9.09. The van der Waals surface area contributed by atoms with Gasteiger partial charge in [0.25, 0.3) is 5.91 Å². The van der Waals surface area contributed by atoms with Crippen molar-refractivity contribution >= 4 is 17.2 Å². The molecule has 1 amide bonds. The maximum Gasteiger partial charge on any atom is 0.273 e. The standard InChI is InChI=1S/C24H25N3OS/c28-23(22-15-29-18-25-22)27-16-24(17-27)10-12-26(13-11-24)14-19-6-8-21(9-7-19)20-4-2-1-3-5-20/h1-9,15,18H,10-14,16-17H2. The molecule has 0 N–H and O–H groups in total. The normalized spacial score (nSPS) is 18.6. The average Bonchev–Trinajstić information content (AvgIpc) is 3.29. The molecule has 29 heavy (non-hydrogen) atoms. The van der Waals surface area contributed by atoms with E-state index in [4.69, 9.17) is 0 Å². The van der Waals surface area contributed by atoms with Crippen LogP contribution < -0.4 is 0 Å². The molecular formula is C24H25N3OS. The van der Waals surface area contributed by atoms with Crippen LogP contribution in [0.4, 0.5) is 0 Å². The highest BCUT2D eigenvalue weighted by molar-refractivity contribution is 7.07. The highest BCUT2D eigenvalue weighted by atomic mass is 32.1. The van der Waals surface area contributed by atoms with Crippen molar-refractivity contribution < 1.29 is 4.79 Å². The molecular weight excluding hydrogens is 378 g/mol. The molecule has 2 aliphatic heterocycles. The van der Waals surface area contributed by atoms with E-state index in [1.54, 1.807) is 5.51 Å². The van der Waals surface area contributed by atoms with Gasteiger partial charge in [0.15, 0.2) is 0 Å². The Kier molecular flexibility index (Phi) is 4.94. The maximum atomic E-state index is 12.4. The van der Waals surface area contributed by atoms with Crippen molar-refractivity contribution in [2.24, 2.45) is 5.41 Å². The number of hydrogen-bond donors (Lipinski definition) is 0. The summed E-state index contributed by atoms with van der Waals surface area (Å²) in [5.41, 5.74) is 6.57. The van der Waals surface area contributed by atoms with Gasteiger partial charge < -0.3 is 4.90 Å². The number of likely N-dealkylation sites (tertiary alicyclic amines) is 2. The van der Waals surface area contributed by atoms with Gasteiger partial charge in [0, 0.05) is 30.4 Å². The van der Waals surface area contributed by atoms with Gasteiger partial charge in [0.2, 0.25) is 0 Å². The minimum atomic E-state index is 0.0952. The highest BCUT2D eigenvalue weighted by Crippen LogP contribution is 2.41. The molecule has 0 saturated carbocycles. The number of benzene rings is 2. The van der Waals surface area contributed by atoms with E-state index in [2.05, 4.69) is 64.5 Å². The lowest BCUT2D eigenvalue weighted by Gasteiger charge is -2.53. The monoisotopic (exact) mass is 403 g/mol. The van der Waals surface area contributed by atoms with Crippen molar-refractivity contribution in [1.82, 2.24) is 14.8 Å². The Bertz CT molecular complexity index is 953. The van der Waals surface area contributed by atoms with Crippen LogP contribution in [0.1, 0.15) is 28.9 Å². The number of carbonyl (C=O) groups excluding carboxylic acids is 1. The van der Waals surface area contributed by atoms with Gasteiger partial charge in [-0.3, -0.25) is 9.69 Å². The first-order valence-corrected chi connectivity index (χ1v) is 11.2. The molecule has 0 bridgehead atoms. The fraction of sp³-hybridized carbons (Fsp3) is 0.333. The SMILES string of the molecule is O=C(c1cscn1)N1CC2(CCN(Cc3ccc(-c4ccccc4)cc3)CC2)C1. The summed E-state index contributed by atoms with van der Waals surface area (Å²) in [6.45, 7) is 5.01. The van der Waals surface area contributed by atoms with E-state index < -0.39 is 0 Å². The zero-order valence-electron chi connectivity index (χ0n) is 16.5. The molecule has 2 aliphatic rings. The van der Waals surface area contributed by atoms with E-state index >= 15 is 0 Å². The second kappa shape index (κ2) is 7.73. The molecule has 0 radical (unpaired) electrons. The zero-order chi connectivity index (χ0) is 19.7. The van der Waals surface area contributed by atoms with E-state index in [1.165, 1.54) is 40.9 Å². The molecule has 0 atom stereocenters. The lowest BCUT2D eigenvalue weighted by atomic mass is 9.72. The Hall–Kier alpha value is -2.50. The molecule has 5 rings (SSSR count). The summed E-state index contributed by atoms with van der Waals surface area (Å²) in [6, 6.07) is 19.5. The third kappa shape index (κ3) is 3.85. The highest BCUT2D eigenvalue weighted by Gasteiger charge is 2.46. The van der Waals surface area contributed by atoms with Crippen molar-refractivity contribution in [3.63, 3.8) is 0 Å². The van der Waals surface area contributed by atoms with Crippen molar-refractivity contribution in [2.45, 2.75) is 19.4 Å². The number of amides is 1. The number of carbonyl (C=O) groups is 1. The molecule has 3 heterocycles. The van der Waals surface area contributed by atoms with Crippen LogP contribution in [0.5, 0.6) is 0 Å². The lowest BCUT2D eigenvalue weighted by Crippen LogP contribution is -2.61. The van der Waals surface area contributed by atoms with Gasteiger partial charge in [-0.2, -0.15) is 0 Å². The average molecular weight is 404 g/mol. The molecule has 1 spiro atoms. The minimum absolute atomic E-state index is 0.0952. The summed E-state index contributed by atoms with van der Waals surface area (Å²) < 4.78 is 0. The van der Waals surface area contributed by atoms with Gasteiger partial charge in [-0.1, -0.05) is 54.6 Å². The van der Waals surface area contributed by atoms with Gasteiger partial charge in [-0.15, -0.1) is 11.3 Å². The topological polar surface area (TPSA) is 36.4 Å². The fourth-order valence-electron chi connectivity index (χ4n) is 4.58. The molecule has 148 valence electrons. The molecule has 2 saturated heterocycles. The summed E-state index contributed by atoms with van der Waals surface area (Å²) in [6.07, 6.45) is 2.35. The van der Waals surface area contributed by atoms with Crippen LogP contribution in [0.15, 0.2) is 65.5 Å². The van der Waals surface area contributed by atoms with Gasteiger partial charge in [0.05, 0.1) is 5.51 Å². The van der Waals surface area contributed by atoms with Crippen LogP contribution in [0.3, 0.4) is 0 Å². The molecule has 0 unspecified atom stereocenters. The van der Waals surface area contributed by atoms with Crippen LogP contribution in [0.25, 0.3) is 11.1 Å². The molecule has 4 nitrogen and oxygen atoms in total. The number of nitrogens with zero attached hydrogens (tertiary/aromatic N) is 3. The van der Waals surface area contributed by atoms with E-state index in [9.17, 15) is 4.79 Å². The summed E-state index contributed by atoms with van der Waals surface area (Å²) in [7, 11) is 0. The van der Waals surface area contributed by atoms with E-state index in [-0.39, 0.29) is 5.91 Å². The number of thiazole rings is 1. The Morgan fingerprint density at radius 1 is 0.966 bits per heavy atom. The van der Waals surface area contributed by atoms with Crippen LogP contribution >= 0.6 is 11.3 Å². The predicted octanol–water partition coefficient (Wildman–Crippen LogP) is 4.55. The summed E-state index contributed by atoms with van der Waals surface area (Å²) in [4.78, 5) is 21.1. The first-order chi connectivity index (χ1) is 14.2. The van der Waals surface area contributed by atoms with Gasteiger partial charge >= 0.3 is 0 Å². The number of aromatic nitrogens is 1. The molecule has 2 aromatic carbocycles. The molecule has 3 aromatic rings. The maximum absolute atomic E-state index is 12.4. The smallest absolute Gasteiger partial charge is 0.273 e. The van der Waals surface area contributed by atoms with Gasteiger partial charge in [-0.05, 0) is 42.6 Å².